The van der Waals surface area contributed by atoms with Gasteiger partial charge in [0.15, 0.2) is 0 Å². The van der Waals surface area contributed by atoms with Crippen LogP contribution < -0.4 is 5.32 Å². The Labute approximate surface area is 121 Å². The highest BCUT2D eigenvalue weighted by Gasteiger charge is 2.24. The zero-order valence-electron chi connectivity index (χ0n) is 12.4. The minimum atomic E-state index is 0.497. The summed E-state index contributed by atoms with van der Waals surface area (Å²) < 4.78 is 5.99. The number of hydrogen-bond donors (Lipinski definition) is 1. The number of ether oxygens (including phenoxy) is 1. The van der Waals surface area contributed by atoms with Crippen molar-refractivity contribution in [2.75, 3.05) is 13.2 Å². The molecule has 3 atom stereocenters. The van der Waals surface area contributed by atoms with Crippen molar-refractivity contribution < 1.29 is 4.74 Å². The smallest absolute Gasteiger partial charge is 0.0594 e. The molecule has 108 valence electrons. The average molecular weight is 281 g/mol. The molecule has 1 aliphatic rings. The lowest BCUT2D eigenvalue weighted by Gasteiger charge is -2.32. The van der Waals surface area contributed by atoms with Gasteiger partial charge in [0.1, 0.15) is 0 Å². The topological polar surface area (TPSA) is 21.3 Å². The highest BCUT2D eigenvalue weighted by atomic mass is 32.1. The van der Waals surface area contributed by atoms with E-state index in [-0.39, 0.29) is 0 Å². The number of rotatable bonds is 6. The summed E-state index contributed by atoms with van der Waals surface area (Å²) >= 11 is 1.83. The van der Waals surface area contributed by atoms with E-state index in [0.717, 1.165) is 31.5 Å². The van der Waals surface area contributed by atoms with Crippen LogP contribution in [0.25, 0.3) is 0 Å². The molecule has 0 radical (unpaired) electrons. The Kier molecular flexibility index (Phi) is 5.86. The molecule has 0 aromatic carbocycles. The van der Waals surface area contributed by atoms with Crippen LogP contribution >= 0.6 is 11.3 Å². The van der Waals surface area contributed by atoms with Crippen LogP contribution in [0.15, 0.2) is 11.4 Å². The second-order valence-electron chi connectivity index (χ2n) is 5.96. The lowest BCUT2D eigenvalue weighted by atomic mass is 9.80. The largest absolute Gasteiger partial charge is 0.377 e. The zero-order valence-corrected chi connectivity index (χ0v) is 13.3. The molecule has 0 saturated heterocycles. The van der Waals surface area contributed by atoms with Crippen LogP contribution in [0.4, 0.5) is 0 Å². The van der Waals surface area contributed by atoms with Crippen LogP contribution in [0, 0.1) is 18.8 Å². The molecule has 1 N–H and O–H groups in total. The fourth-order valence-corrected chi connectivity index (χ4v) is 3.61. The van der Waals surface area contributed by atoms with Gasteiger partial charge >= 0.3 is 0 Å². The lowest BCUT2D eigenvalue weighted by Crippen LogP contribution is -2.29. The van der Waals surface area contributed by atoms with Crippen molar-refractivity contribution in [3.63, 3.8) is 0 Å². The third-order valence-electron chi connectivity index (χ3n) is 4.44. The summed E-state index contributed by atoms with van der Waals surface area (Å²) in [5.74, 6) is 1.69. The van der Waals surface area contributed by atoms with Crippen molar-refractivity contribution in [2.24, 2.45) is 11.8 Å². The highest BCUT2D eigenvalue weighted by Crippen LogP contribution is 2.30. The minimum absolute atomic E-state index is 0.497. The summed E-state index contributed by atoms with van der Waals surface area (Å²) in [6.07, 6.45) is 4.31. The van der Waals surface area contributed by atoms with E-state index in [0.29, 0.717) is 6.10 Å². The maximum Gasteiger partial charge on any atom is 0.0594 e. The van der Waals surface area contributed by atoms with Gasteiger partial charge in [-0.3, -0.25) is 0 Å². The molecule has 19 heavy (non-hydrogen) atoms. The predicted octanol–water partition coefficient (Wildman–Crippen LogP) is 3.99. The van der Waals surface area contributed by atoms with Crippen molar-refractivity contribution in [2.45, 2.75) is 52.7 Å². The third kappa shape index (κ3) is 4.59. The standard InChI is InChI=1S/C16H27NOS/c1-12-4-5-15(10-14(12)3)18-8-7-17-11-16-13(2)6-9-19-16/h6,9,12,14-15,17H,4-5,7-8,10-11H2,1-3H3. The SMILES string of the molecule is Cc1ccsc1CNCCOC1CCC(C)C(C)C1. The molecular formula is C16H27NOS. The molecule has 0 bridgehead atoms. The normalized spacial score (nSPS) is 27.6. The van der Waals surface area contributed by atoms with E-state index in [2.05, 4.69) is 37.5 Å². The number of aryl methyl sites for hydroxylation is 1. The zero-order chi connectivity index (χ0) is 13.7. The first-order valence-corrected chi connectivity index (χ1v) is 8.40. The molecular weight excluding hydrogens is 254 g/mol. The van der Waals surface area contributed by atoms with Crippen molar-refractivity contribution >= 4 is 11.3 Å². The number of hydrogen-bond acceptors (Lipinski definition) is 3. The van der Waals surface area contributed by atoms with Crippen LogP contribution in [0.3, 0.4) is 0 Å². The summed E-state index contributed by atoms with van der Waals surface area (Å²) in [6, 6.07) is 2.18. The minimum Gasteiger partial charge on any atom is -0.377 e. The molecule has 1 saturated carbocycles. The van der Waals surface area contributed by atoms with Crippen molar-refractivity contribution in [1.29, 1.82) is 0 Å². The molecule has 0 aliphatic heterocycles. The Morgan fingerprint density at radius 3 is 2.84 bits per heavy atom. The van der Waals surface area contributed by atoms with Gasteiger partial charge in [-0.15, -0.1) is 11.3 Å². The van der Waals surface area contributed by atoms with Crippen LogP contribution in [-0.4, -0.2) is 19.3 Å². The molecule has 1 aromatic heterocycles. The quantitative estimate of drug-likeness (QED) is 0.796. The van der Waals surface area contributed by atoms with E-state index in [1.807, 2.05) is 11.3 Å². The molecule has 2 rings (SSSR count). The monoisotopic (exact) mass is 281 g/mol. The first kappa shape index (κ1) is 15.0. The summed E-state index contributed by atoms with van der Waals surface area (Å²) in [5, 5.41) is 5.63. The van der Waals surface area contributed by atoms with Gasteiger partial charge in [0.2, 0.25) is 0 Å². The summed E-state index contributed by atoms with van der Waals surface area (Å²) in [5.41, 5.74) is 1.40. The molecule has 3 heteroatoms. The van der Waals surface area contributed by atoms with E-state index in [9.17, 15) is 0 Å². The van der Waals surface area contributed by atoms with Crippen LogP contribution in [0.2, 0.25) is 0 Å². The second kappa shape index (κ2) is 7.41. The first-order chi connectivity index (χ1) is 9.16. The molecule has 3 unspecified atom stereocenters. The Morgan fingerprint density at radius 2 is 2.16 bits per heavy atom. The maximum atomic E-state index is 5.99. The highest BCUT2D eigenvalue weighted by molar-refractivity contribution is 7.10. The third-order valence-corrected chi connectivity index (χ3v) is 5.46. The van der Waals surface area contributed by atoms with Crippen LogP contribution in [0.5, 0.6) is 0 Å². The lowest BCUT2D eigenvalue weighted by molar-refractivity contribution is 0.00425. The van der Waals surface area contributed by atoms with Crippen molar-refractivity contribution in [3.05, 3.63) is 21.9 Å². The van der Waals surface area contributed by atoms with Gasteiger partial charge < -0.3 is 10.1 Å². The molecule has 1 fully saturated rings. The molecule has 0 amide bonds. The molecule has 2 nitrogen and oxygen atoms in total. The summed E-state index contributed by atoms with van der Waals surface area (Å²) in [7, 11) is 0. The predicted molar refractivity (Wildman–Crippen MR) is 82.7 cm³/mol. The van der Waals surface area contributed by atoms with Gasteiger partial charge in [0.25, 0.3) is 0 Å². The molecule has 1 aliphatic carbocycles. The molecule has 1 heterocycles. The second-order valence-corrected chi connectivity index (χ2v) is 6.96. The number of nitrogens with one attached hydrogen (secondary N) is 1. The maximum absolute atomic E-state index is 5.99. The van der Waals surface area contributed by atoms with Crippen molar-refractivity contribution in [1.82, 2.24) is 5.32 Å². The Bertz CT molecular complexity index is 377. The van der Waals surface area contributed by atoms with Gasteiger partial charge in [-0.1, -0.05) is 13.8 Å². The Hall–Kier alpha value is -0.380. The van der Waals surface area contributed by atoms with E-state index >= 15 is 0 Å². The van der Waals surface area contributed by atoms with E-state index < -0.39 is 0 Å². The molecule has 0 spiro atoms. The first-order valence-electron chi connectivity index (χ1n) is 7.52. The van der Waals surface area contributed by atoms with E-state index in [4.69, 9.17) is 4.74 Å². The van der Waals surface area contributed by atoms with Crippen molar-refractivity contribution in [3.8, 4) is 0 Å². The van der Waals surface area contributed by atoms with Gasteiger partial charge in [-0.05, 0) is 55.0 Å². The van der Waals surface area contributed by atoms with E-state index in [1.165, 1.54) is 29.7 Å². The summed E-state index contributed by atoms with van der Waals surface area (Å²) in [4.78, 5) is 1.44. The van der Waals surface area contributed by atoms with Crippen LogP contribution in [0.1, 0.15) is 43.6 Å². The Balaban J connectivity index is 1.56. The number of thiophene rings is 1. The fraction of sp³-hybridized carbons (Fsp3) is 0.750. The average Bonchev–Trinajstić information content (AvgIpc) is 2.79. The van der Waals surface area contributed by atoms with E-state index in [1.54, 1.807) is 0 Å². The molecule has 1 aromatic rings. The fourth-order valence-electron chi connectivity index (χ4n) is 2.73. The van der Waals surface area contributed by atoms with Gasteiger partial charge in [0, 0.05) is 18.0 Å². The summed E-state index contributed by atoms with van der Waals surface area (Å²) in [6.45, 7) is 9.68. The van der Waals surface area contributed by atoms with Gasteiger partial charge in [-0.25, -0.2) is 0 Å². The Morgan fingerprint density at radius 1 is 1.32 bits per heavy atom. The van der Waals surface area contributed by atoms with Gasteiger partial charge in [-0.2, -0.15) is 0 Å². The van der Waals surface area contributed by atoms with Gasteiger partial charge in [0.05, 0.1) is 12.7 Å². The van der Waals surface area contributed by atoms with Crippen LogP contribution in [-0.2, 0) is 11.3 Å².